The van der Waals surface area contributed by atoms with Gasteiger partial charge in [0.25, 0.3) is 5.22 Å². The molecule has 1 heterocycles. The fourth-order valence-electron chi connectivity index (χ4n) is 2.74. The van der Waals surface area contributed by atoms with Gasteiger partial charge in [0.2, 0.25) is 11.8 Å². The van der Waals surface area contributed by atoms with Crippen LogP contribution in [0.3, 0.4) is 0 Å². The second-order valence-electron chi connectivity index (χ2n) is 6.58. The molecule has 0 spiro atoms. The lowest BCUT2D eigenvalue weighted by molar-refractivity contribution is -0.130. The summed E-state index contributed by atoms with van der Waals surface area (Å²) in [6, 6.07) is 18.0. The summed E-state index contributed by atoms with van der Waals surface area (Å²) in [4.78, 5) is 14.6. The SMILES string of the molecule is Cc1ccccc1-c1nnc(SCC(=O)N(Cc2ccccc2)C(C)C)o1. The molecule has 0 saturated heterocycles. The van der Waals surface area contributed by atoms with Gasteiger partial charge in [0, 0.05) is 18.2 Å². The van der Waals surface area contributed by atoms with E-state index in [2.05, 4.69) is 10.2 Å². The van der Waals surface area contributed by atoms with Crippen molar-refractivity contribution < 1.29 is 9.21 Å². The summed E-state index contributed by atoms with van der Waals surface area (Å²) in [7, 11) is 0. The lowest BCUT2D eigenvalue weighted by Crippen LogP contribution is -2.37. The monoisotopic (exact) mass is 381 g/mol. The summed E-state index contributed by atoms with van der Waals surface area (Å²) >= 11 is 1.27. The highest BCUT2D eigenvalue weighted by molar-refractivity contribution is 7.99. The molecule has 0 radical (unpaired) electrons. The minimum atomic E-state index is 0.0505. The number of carbonyl (C=O) groups is 1. The number of hydrogen-bond donors (Lipinski definition) is 0. The van der Waals surface area contributed by atoms with Crippen molar-refractivity contribution >= 4 is 17.7 Å². The van der Waals surface area contributed by atoms with Gasteiger partial charge in [-0.2, -0.15) is 0 Å². The van der Waals surface area contributed by atoms with Crippen LogP contribution in [-0.4, -0.2) is 32.8 Å². The lowest BCUT2D eigenvalue weighted by atomic mass is 10.1. The molecule has 1 amide bonds. The predicted molar refractivity (Wildman–Crippen MR) is 107 cm³/mol. The molecule has 5 nitrogen and oxygen atoms in total. The molecule has 140 valence electrons. The maximum Gasteiger partial charge on any atom is 0.277 e. The van der Waals surface area contributed by atoms with Gasteiger partial charge in [0.15, 0.2) is 0 Å². The Labute approximate surface area is 163 Å². The van der Waals surface area contributed by atoms with Gasteiger partial charge >= 0.3 is 0 Å². The summed E-state index contributed by atoms with van der Waals surface area (Å²) in [5.41, 5.74) is 3.10. The first-order valence-corrected chi connectivity index (χ1v) is 9.89. The highest BCUT2D eigenvalue weighted by Crippen LogP contribution is 2.25. The van der Waals surface area contributed by atoms with Crippen molar-refractivity contribution in [1.29, 1.82) is 0 Å². The van der Waals surface area contributed by atoms with Crippen LogP contribution in [0.2, 0.25) is 0 Å². The molecule has 0 bridgehead atoms. The molecule has 2 aromatic carbocycles. The highest BCUT2D eigenvalue weighted by Gasteiger charge is 2.19. The molecule has 1 aromatic heterocycles. The van der Waals surface area contributed by atoms with E-state index in [1.807, 2.05) is 80.3 Å². The summed E-state index contributed by atoms with van der Waals surface area (Å²) in [6.07, 6.45) is 0. The third-order valence-electron chi connectivity index (χ3n) is 4.24. The number of nitrogens with zero attached hydrogens (tertiary/aromatic N) is 3. The molecule has 0 unspecified atom stereocenters. The largest absolute Gasteiger partial charge is 0.411 e. The molecule has 3 rings (SSSR count). The van der Waals surface area contributed by atoms with Crippen LogP contribution < -0.4 is 0 Å². The van der Waals surface area contributed by atoms with Gasteiger partial charge in [0.05, 0.1) is 5.75 Å². The van der Waals surface area contributed by atoms with Crippen molar-refractivity contribution in [2.45, 2.75) is 38.6 Å². The predicted octanol–water partition coefficient (Wildman–Crippen LogP) is 4.57. The van der Waals surface area contributed by atoms with Crippen molar-refractivity contribution in [1.82, 2.24) is 15.1 Å². The van der Waals surface area contributed by atoms with Gasteiger partial charge in [-0.15, -0.1) is 10.2 Å². The van der Waals surface area contributed by atoms with Crippen molar-refractivity contribution in [2.75, 3.05) is 5.75 Å². The van der Waals surface area contributed by atoms with Gasteiger partial charge < -0.3 is 9.32 Å². The van der Waals surface area contributed by atoms with E-state index < -0.39 is 0 Å². The molecule has 27 heavy (non-hydrogen) atoms. The summed E-state index contributed by atoms with van der Waals surface area (Å²) < 4.78 is 5.73. The Kier molecular flexibility index (Phi) is 6.29. The van der Waals surface area contributed by atoms with Crippen LogP contribution in [0.1, 0.15) is 25.0 Å². The molecular weight excluding hydrogens is 358 g/mol. The molecule has 0 saturated carbocycles. The zero-order chi connectivity index (χ0) is 19.2. The number of rotatable bonds is 7. The Morgan fingerprint density at radius 3 is 2.48 bits per heavy atom. The van der Waals surface area contributed by atoms with E-state index in [4.69, 9.17) is 4.42 Å². The van der Waals surface area contributed by atoms with Crippen LogP contribution in [0.4, 0.5) is 0 Å². The lowest BCUT2D eigenvalue weighted by Gasteiger charge is -2.26. The van der Waals surface area contributed by atoms with Crippen LogP contribution >= 0.6 is 11.8 Å². The minimum absolute atomic E-state index is 0.0505. The third-order valence-corrected chi connectivity index (χ3v) is 5.04. The Bertz CT molecular complexity index is 893. The first-order valence-electron chi connectivity index (χ1n) is 8.90. The summed E-state index contributed by atoms with van der Waals surface area (Å²) in [6.45, 7) is 6.64. The number of amides is 1. The Morgan fingerprint density at radius 2 is 1.78 bits per heavy atom. The van der Waals surface area contributed by atoms with E-state index in [0.717, 1.165) is 16.7 Å². The van der Waals surface area contributed by atoms with E-state index in [1.165, 1.54) is 11.8 Å². The van der Waals surface area contributed by atoms with Crippen molar-refractivity contribution in [2.24, 2.45) is 0 Å². The van der Waals surface area contributed by atoms with Crippen molar-refractivity contribution in [3.05, 3.63) is 65.7 Å². The smallest absolute Gasteiger partial charge is 0.277 e. The quantitative estimate of drug-likeness (QED) is 0.561. The van der Waals surface area contributed by atoms with Crippen LogP contribution in [0.15, 0.2) is 64.2 Å². The molecule has 0 aliphatic carbocycles. The minimum Gasteiger partial charge on any atom is -0.411 e. The number of benzene rings is 2. The summed E-state index contributed by atoms with van der Waals surface area (Å²) in [5.74, 6) is 0.794. The second kappa shape index (κ2) is 8.86. The van der Waals surface area contributed by atoms with Gasteiger partial charge in [-0.1, -0.05) is 60.3 Å². The summed E-state index contributed by atoms with van der Waals surface area (Å²) in [5, 5.41) is 8.59. The van der Waals surface area contributed by atoms with Crippen molar-refractivity contribution in [3.8, 4) is 11.5 Å². The normalized spacial score (nSPS) is 11.0. The van der Waals surface area contributed by atoms with E-state index in [9.17, 15) is 4.79 Å². The zero-order valence-electron chi connectivity index (χ0n) is 15.8. The average molecular weight is 382 g/mol. The molecule has 0 N–H and O–H groups in total. The maximum absolute atomic E-state index is 12.7. The number of aryl methyl sites for hydroxylation is 1. The third kappa shape index (κ3) is 4.98. The van der Waals surface area contributed by atoms with Gasteiger partial charge in [-0.25, -0.2) is 0 Å². The number of carbonyl (C=O) groups excluding carboxylic acids is 1. The maximum atomic E-state index is 12.7. The first-order chi connectivity index (χ1) is 13.0. The van der Waals surface area contributed by atoms with E-state index in [0.29, 0.717) is 17.7 Å². The molecule has 0 atom stereocenters. The fraction of sp³-hybridized carbons (Fsp3) is 0.286. The molecule has 0 fully saturated rings. The van der Waals surface area contributed by atoms with Gasteiger partial charge in [0.1, 0.15) is 0 Å². The molecule has 0 aliphatic rings. The Hall–Kier alpha value is -2.60. The highest BCUT2D eigenvalue weighted by atomic mass is 32.2. The van der Waals surface area contributed by atoms with Crippen LogP contribution in [0.5, 0.6) is 0 Å². The molecule has 0 aliphatic heterocycles. The van der Waals surface area contributed by atoms with Crippen molar-refractivity contribution in [3.63, 3.8) is 0 Å². The van der Waals surface area contributed by atoms with E-state index >= 15 is 0 Å². The molecular formula is C21H23N3O2S. The molecule has 3 aromatic rings. The number of thioether (sulfide) groups is 1. The topological polar surface area (TPSA) is 59.2 Å². The Morgan fingerprint density at radius 1 is 1.07 bits per heavy atom. The second-order valence-corrected chi connectivity index (χ2v) is 7.50. The first kappa shape index (κ1) is 19.2. The van der Waals surface area contributed by atoms with Gasteiger partial charge in [-0.05, 0) is 38.0 Å². The Balaban J connectivity index is 1.63. The van der Waals surface area contributed by atoms with E-state index in [-0.39, 0.29) is 17.7 Å². The van der Waals surface area contributed by atoms with Gasteiger partial charge in [-0.3, -0.25) is 4.79 Å². The van der Waals surface area contributed by atoms with E-state index in [1.54, 1.807) is 0 Å². The van der Waals surface area contributed by atoms with Crippen LogP contribution in [-0.2, 0) is 11.3 Å². The number of hydrogen-bond acceptors (Lipinski definition) is 5. The average Bonchev–Trinajstić information content (AvgIpc) is 3.14. The van der Waals surface area contributed by atoms with Crippen LogP contribution in [0, 0.1) is 6.92 Å². The molecule has 6 heteroatoms. The standard InChI is InChI=1S/C21H23N3O2S/c1-15(2)24(13-17-10-5-4-6-11-17)19(25)14-27-21-23-22-20(26-21)18-12-8-7-9-16(18)3/h4-12,15H,13-14H2,1-3H3. The fourth-order valence-corrected chi connectivity index (χ4v) is 3.38. The van der Waals surface area contributed by atoms with Crippen LogP contribution in [0.25, 0.3) is 11.5 Å². The zero-order valence-corrected chi connectivity index (χ0v) is 16.6. The number of aromatic nitrogens is 2.